The molecule has 0 radical (unpaired) electrons. The van der Waals surface area contributed by atoms with Gasteiger partial charge in [0.2, 0.25) is 5.95 Å². The summed E-state index contributed by atoms with van der Waals surface area (Å²) in [6.45, 7) is 0. The molecule has 0 atom stereocenters. The van der Waals surface area contributed by atoms with Crippen molar-refractivity contribution < 1.29 is 4.39 Å². The summed E-state index contributed by atoms with van der Waals surface area (Å²) in [7, 11) is 0. The van der Waals surface area contributed by atoms with Gasteiger partial charge in [-0.05, 0) is 50.1 Å². The molecule has 0 unspecified atom stereocenters. The highest BCUT2D eigenvalue weighted by atomic mass is 79.9. The van der Waals surface area contributed by atoms with Gasteiger partial charge in [-0.1, -0.05) is 0 Å². The minimum atomic E-state index is -0.303. The van der Waals surface area contributed by atoms with Crippen molar-refractivity contribution in [2.24, 2.45) is 0 Å². The van der Waals surface area contributed by atoms with Crippen molar-refractivity contribution in [2.45, 2.75) is 0 Å². The number of benzene rings is 1. The molecular formula is C10H6Br2FN3. The van der Waals surface area contributed by atoms with E-state index in [9.17, 15) is 4.39 Å². The average molecular weight is 347 g/mol. The van der Waals surface area contributed by atoms with E-state index in [1.54, 1.807) is 24.5 Å². The summed E-state index contributed by atoms with van der Waals surface area (Å²) >= 11 is 6.35. The molecule has 1 aromatic heterocycles. The molecule has 82 valence electrons. The summed E-state index contributed by atoms with van der Waals surface area (Å²) in [4.78, 5) is 8.09. The number of anilines is 2. The molecule has 0 saturated heterocycles. The Morgan fingerprint density at radius 1 is 1.12 bits per heavy atom. The molecule has 16 heavy (non-hydrogen) atoms. The van der Waals surface area contributed by atoms with Gasteiger partial charge in [-0.25, -0.2) is 14.4 Å². The van der Waals surface area contributed by atoms with Crippen LogP contribution in [0, 0.1) is 5.82 Å². The Morgan fingerprint density at radius 3 is 2.44 bits per heavy atom. The second-order valence-electron chi connectivity index (χ2n) is 2.98. The standard InChI is InChI=1S/C10H6Br2FN3/c11-6-4-14-10(15-5-6)16-7-1-2-9(13)8(12)3-7/h1-5H,(H,14,15,16). The Kier molecular flexibility index (Phi) is 3.50. The number of nitrogens with one attached hydrogen (secondary N) is 1. The van der Waals surface area contributed by atoms with Crippen molar-refractivity contribution in [3.63, 3.8) is 0 Å². The lowest BCUT2D eigenvalue weighted by Crippen LogP contribution is -1.96. The van der Waals surface area contributed by atoms with Crippen molar-refractivity contribution in [3.05, 3.63) is 45.4 Å². The molecule has 0 fully saturated rings. The minimum absolute atomic E-state index is 0.303. The van der Waals surface area contributed by atoms with Gasteiger partial charge in [-0.15, -0.1) is 0 Å². The lowest BCUT2D eigenvalue weighted by Gasteiger charge is -2.05. The van der Waals surface area contributed by atoms with Crippen LogP contribution in [-0.4, -0.2) is 9.97 Å². The second kappa shape index (κ2) is 4.88. The summed E-state index contributed by atoms with van der Waals surface area (Å²) in [6, 6.07) is 4.61. The zero-order valence-corrected chi connectivity index (χ0v) is 11.1. The van der Waals surface area contributed by atoms with Gasteiger partial charge in [0.15, 0.2) is 0 Å². The molecule has 0 aliphatic heterocycles. The summed E-state index contributed by atoms with van der Waals surface area (Å²) in [6.07, 6.45) is 3.27. The highest BCUT2D eigenvalue weighted by Gasteiger charge is 2.02. The topological polar surface area (TPSA) is 37.8 Å². The number of hydrogen-bond acceptors (Lipinski definition) is 3. The third-order valence-corrected chi connectivity index (χ3v) is 2.81. The molecule has 2 rings (SSSR count). The van der Waals surface area contributed by atoms with Gasteiger partial charge in [0.25, 0.3) is 0 Å². The van der Waals surface area contributed by atoms with Gasteiger partial charge in [0.1, 0.15) is 5.82 Å². The fourth-order valence-corrected chi connectivity index (χ4v) is 1.66. The number of hydrogen-bond donors (Lipinski definition) is 1. The maximum Gasteiger partial charge on any atom is 0.227 e. The van der Waals surface area contributed by atoms with E-state index >= 15 is 0 Å². The molecule has 0 aliphatic carbocycles. The van der Waals surface area contributed by atoms with E-state index in [-0.39, 0.29) is 5.82 Å². The van der Waals surface area contributed by atoms with E-state index in [1.165, 1.54) is 6.07 Å². The average Bonchev–Trinajstić information content (AvgIpc) is 2.27. The largest absolute Gasteiger partial charge is 0.324 e. The highest BCUT2D eigenvalue weighted by molar-refractivity contribution is 9.10. The minimum Gasteiger partial charge on any atom is -0.324 e. The van der Waals surface area contributed by atoms with Gasteiger partial charge in [0, 0.05) is 18.1 Å². The van der Waals surface area contributed by atoms with Gasteiger partial charge < -0.3 is 5.32 Å². The SMILES string of the molecule is Fc1ccc(Nc2ncc(Br)cn2)cc1Br. The van der Waals surface area contributed by atoms with Crippen LogP contribution < -0.4 is 5.32 Å². The van der Waals surface area contributed by atoms with Gasteiger partial charge >= 0.3 is 0 Å². The highest BCUT2D eigenvalue weighted by Crippen LogP contribution is 2.21. The van der Waals surface area contributed by atoms with Crippen LogP contribution in [0.2, 0.25) is 0 Å². The van der Waals surface area contributed by atoms with Crippen molar-refractivity contribution >= 4 is 43.5 Å². The van der Waals surface area contributed by atoms with Crippen molar-refractivity contribution in [3.8, 4) is 0 Å². The molecule has 2 aromatic rings. The molecule has 0 saturated carbocycles. The Hall–Kier alpha value is -1.01. The lowest BCUT2D eigenvalue weighted by molar-refractivity contribution is 0.621. The molecule has 3 nitrogen and oxygen atoms in total. The van der Waals surface area contributed by atoms with E-state index < -0.39 is 0 Å². The number of aromatic nitrogens is 2. The van der Waals surface area contributed by atoms with Crippen LogP contribution in [0.25, 0.3) is 0 Å². The van der Waals surface area contributed by atoms with Crippen LogP contribution in [0.15, 0.2) is 39.5 Å². The van der Waals surface area contributed by atoms with Crippen LogP contribution in [0.5, 0.6) is 0 Å². The zero-order chi connectivity index (χ0) is 11.5. The molecule has 0 aliphatic rings. The molecule has 1 aromatic carbocycles. The monoisotopic (exact) mass is 345 g/mol. The Balaban J connectivity index is 2.20. The van der Waals surface area contributed by atoms with Crippen LogP contribution in [0.1, 0.15) is 0 Å². The van der Waals surface area contributed by atoms with E-state index in [0.717, 1.165) is 10.2 Å². The van der Waals surface area contributed by atoms with Crippen molar-refractivity contribution in [1.82, 2.24) is 9.97 Å². The Bertz CT molecular complexity index is 502. The zero-order valence-electron chi connectivity index (χ0n) is 7.92. The van der Waals surface area contributed by atoms with E-state index in [1.807, 2.05) is 0 Å². The normalized spacial score (nSPS) is 10.2. The molecule has 6 heteroatoms. The molecule has 1 N–H and O–H groups in total. The fraction of sp³-hybridized carbons (Fsp3) is 0. The van der Waals surface area contributed by atoms with Crippen LogP contribution >= 0.6 is 31.9 Å². The Labute approximate surface area is 108 Å². The molecule has 0 amide bonds. The maximum absolute atomic E-state index is 13.0. The molecular weight excluding hydrogens is 341 g/mol. The predicted molar refractivity (Wildman–Crippen MR) is 67.1 cm³/mol. The summed E-state index contributed by atoms with van der Waals surface area (Å²) < 4.78 is 14.2. The number of rotatable bonds is 2. The quantitative estimate of drug-likeness (QED) is 0.896. The first-order valence-corrected chi connectivity index (χ1v) is 5.93. The predicted octanol–water partition coefficient (Wildman–Crippen LogP) is 3.88. The van der Waals surface area contributed by atoms with Gasteiger partial charge in [0.05, 0.1) is 8.95 Å². The number of halogens is 3. The van der Waals surface area contributed by atoms with Crippen LogP contribution in [0.4, 0.5) is 16.0 Å². The fourth-order valence-electron chi connectivity index (χ4n) is 1.08. The summed E-state index contributed by atoms with van der Waals surface area (Å²) in [5.41, 5.74) is 0.718. The lowest BCUT2D eigenvalue weighted by atomic mass is 10.3. The van der Waals surface area contributed by atoms with Crippen molar-refractivity contribution in [2.75, 3.05) is 5.32 Å². The maximum atomic E-state index is 13.0. The third kappa shape index (κ3) is 2.76. The smallest absolute Gasteiger partial charge is 0.227 e. The van der Waals surface area contributed by atoms with Crippen LogP contribution in [-0.2, 0) is 0 Å². The van der Waals surface area contributed by atoms with E-state index in [0.29, 0.717) is 10.4 Å². The summed E-state index contributed by atoms with van der Waals surface area (Å²) in [5.74, 6) is 0.156. The first-order chi connectivity index (χ1) is 7.65. The van der Waals surface area contributed by atoms with Crippen LogP contribution in [0.3, 0.4) is 0 Å². The van der Waals surface area contributed by atoms with Gasteiger partial charge in [-0.2, -0.15) is 0 Å². The van der Waals surface area contributed by atoms with Gasteiger partial charge in [-0.3, -0.25) is 0 Å². The first kappa shape index (κ1) is 11.5. The first-order valence-electron chi connectivity index (χ1n) is 4.35. The Morgan fingerprint density at radius 2 is 1.81 bits per heavy atom. The molecule has 1 heterocycles. The van der Waals surface area contributed by atoms with E-state index in [4.69, 9.17) is 0 Å². The second-order valence-corrected chi connectivity index (χ2v) is 4.75. The third-order valence-electron chi connectivity index (χ3n) is 1.80. The molecule has 0 spiro atoms. The summed E-state index contributed by atoms with van der Waals surface area (Å²) in [5, 5.41) is 2.96. The molecule has 0 bridgehead atoms. The van der Waals surface area contributed by atoms with Crippen molar-refractivity contribution in [1.29, 1.82) is 0 Å². The number of nitrogens with zero attached hydrogens (tertiary/aromatic N) is 2. The van der Waals surface area contributed by atoms with E-state index in [2.05, 4.69) is 47.1 Å².